The van der Waals surface area contributed by atoms with Gasteiger partial charge in [-0.2, -0.15) is 0 Å². The van der Waals surface area contributed by atoms with Gasteiger partial charge >= 0.3 is 0 Å². The minimum atomic E-state index is -0.197. The summed E-state index contributed by atoms with van der Waals surface area (Å²) in [6.07, 6.45) is 1.39. The van der Waals surface area contributed by atoms with Crippen molar-refractivity contribution >= 4 is 17.4 Å². The Morgan fingerprint density at radius 2 is 1.91 bits per heavy atom. The van der Waals surface area contributed by atoms with Gasteiger partial charge in [-0.25, -0.2) is 9.97 Å². The zero-order chi connectivity index (χ0) is 16.8. The molecule has 0 spiro atoms. The zero-order valence-corrected chi connectivity index (χ0v) is 14.1. The molecule has 0 aliphatic heterocycles. The lowest BCUT2D eigenvalue weighted by Crippen LogP contribution is -2.31. The van der Waals surface area contributed by atoms with E-state index in [4.69, 9.17) is 0 Å². The van der Waals surface area contributed by atoms with Gasteiger partial charge in [-0.3, -0.25) is 4.79 Å². The number of carbonyl (C=O) groups excluding carboxylic acids is 1. The monoisotopic (exact) mass is 313 g/mol. The predicted octanol–water partition coefficient (Wildman–Crippen LogP) is 2.13. The summed E-state index contributed by atoms with van der Waals surface area (Å²) in [7, 11) is 3.92. The van der Waals surface area contributed by atoms with Gasteiger partial charge in [-0.1, -0.05) is 6.07 Å². The summed E-state index contributed by atoms with van der Waals surface area (Å²) < 4.78 is 0. The summed E-state index contributed by atoms with van der Waals surface area (Å²) in [5.41, 5.74) is 3.72. The van der Waals surface area contributed by atoms with Crippen LogP contribution in [0.25, 0.3) is 0 Å². The first-order valence-corrected chi connectivity index (χ1v) is 7.55. The minimum absolute atomic E-state index is 0.197. The van der Waals surface area contributed by atoms with Crippen LogP contribution < -0.4 is 10.6 Å². The quantitative estimate of drug-likeness (QED) is 0.855. The van der Waals surface area contributed by atoms with Crippen LogP contribution in [0, 0.1) is 13.8 Å². The molecular formula is C17H23N5O. The van der Waals surface area contributed by atoms with Crippen LogP contribution in [0.4, 0.5) is 11.5 Å². The van der Waals surface area contributed by atoms with Gasteiger partial charge in [0.2, 0.25) is 0 Å². The molecule has 0 bridgehead atoms. The standard InChI is InChI=1S/C17H23N5O/c1-12-5-6-14(9-13(12)2)21-16-10-15(19-11-20-16)17(23)18-7-8-22(3)4/h5-6,9-11H,7-8H2,1-4H3,(H,18,23)(H,19,20,21). The van der Waals surface area contributed by atoms with Crippen molar-refractivity contribution in [1.29, 1.82) is 0 Å². The van der Waals surface area contributed by atoms with Crippen molar-refractivity contribution in [2.24, 2.45) is 0 Å². The van der Waals surface area contributed by atoms with Crippen molar-refractivity contribution in [2.75, 3.05) is 32.5 Å². The molecule has 0 aliphatic rings. The SMILES string of the molecule is Cc1ccc(Nc2cc(C(=O)NCCN(C)C)ncn2)cc1C. The second-order valence-electron chi connectivity index (χ2n) is 5.77. The zero-order valence-electron chi connectivity index (χ0n) is 14.1. The smallest absolute Gasteiger partial charge is 0.270 e. The van der Waals surface area contributed by atoms with E-state index in [1.165, 1.54) is 17.5 Å². The highest BCUT2D eigenvalue weighted by Gasteiger charge is 2.08. The number of aromatic nitrogens is 2. The molecule has 0 atom stereocenters. The largest absolute Gasteiger partial charge is 0.349 e. The molecule has 0 radical (unpaired) electrons. The van der Waals surface area contributed by atoms with E-state index < -0.39 is 0 Å². The van der Waals surface area contributed by atoms with Crippen molar-refractivity contribution in [3.8, 4) is 0 Å². The van der Waals surface area contributed by atoms with E-state index in [-0.39, 0.29) is 5.91 Å². The van der Waals surface area contributed by atoms with Crippen molar-refractivity contribution < 1.29 is 4.79 Å². The molecule has 0 fully saturated rings. The van der Waals surface area contributed by atoms with Crippen LogP contribution >= 0.6 is 0 Å². The number of hydrogen-bond donors (Lipinski definition) is 2. The highest BCUT2D eigenvalue weighted by molar-refractivity contribution is 5.92. The second kappa shape index (κ2) is 7.69. The molecule has 122 valence electrons. The molecule has 1 aromatic carbocycles. The summed E-state index contributed by atoms with van der Waals surface area (Å²) in [4.78, 5) is 22.3. The minimum Gasteiger partial charge on any atom is -0.349 e. The van der Waals surface area contributed by atoms with Crippen LogP contribution in [-0.2, 0) is 0 Å². The number of nitrogens with zero attached hydrogens (tertiary/aromatic N) is 3. The van der Waals surface area contributed by atoms with Gasteiger partial charge in [-0.05, 0) is 51.2 Å². The van der Waals surface area contributed by atoms with E-state index in [0.29, 0.717) is 18.1 Å². The van der Waals surface area contributed by atoms with Crippen LogP contribution in [0.5, 0.6) is 0 Å². The van der Waals surface area contributed by atoms with Gasteiger partial charge in [0.1, 0.15) is 17.8 Å². The Bertz CT molecular complexity index is 684. The molecule has 2 rings (SSSR count). The Balaban J connectivity index is 2.04. The van der Waals surface area contributed by atoms with Crippen LogP contribution in [0.2, 0.25) is 0 Å². The fraction of sp³-hybridized carbons (Fsp3) is 0.353. The Hall–Kier alpha value is -2.47. The normalized spacial score (nSPS) is 10.7. The molecule has 1 heterocycles. The number of amides is 1. The molecule has 6 heteroatoms. The number of rotatable bonds is 6. The number of carbonyl (C=O) groups is 1. The number of hydrogen-bond acceptors (Lipinski definition) is 5. The van der Waals surface area contributed by atoms with E-state index in [9.17, 15) is 4.79 Å². The molecule has 0 saturated heterocycles. The van der Waals surface area contributed by atoms with Gasteiger partial charge in [0.05, 0.1) is 0 Å². The number of nitrogens with one attached hydrogen (secondary N) is 2. The maximum atomic E-state index is 12.1. The first-order chi connectivity index (χ1) is 11.0. The average molecular weight is 313 g/mol. The molecule has 0 aliphatic carbocycles. The van der Waals surface area contributed by atoms with Crippen molar-refractivity contribution in [3.05, 3.63) is 47.4 Å². The molecule has 2 aromatic rings. The topological polar surface area (TPSA) is 70.2 Å². The fourth-order valence-electron chi connectivity index (χ4n) is 2.00. The third kappa shape index (κ3) is 5.03. The van der Waals surface area contributed by atoms with E-state index >= 15 is 0 Å². The molecule has 2 N–H and O–H groups in total. The average Bonchev–Trinajstić information content (AvgIpc) is 2.51. The summed E-state index contributed by atoms with van der Waals surface area (Å²) in [6.45, 7) is 5.49. The molecule has 1 aromatic heterocycles. The highest BCUT2D eigenvalue weighted by Crippen LogP contribution is 2.18. The third-order valence-corrected chi connectivity index (χ3v) is 3.52. The molecule has 0 saturated carbocycles. The van der Waals surface area contributed by atoms with Crippen LogP contribution in [-0.4, -0.2) is 48.0 Å². The molecule has 1 amide bonds. The van der Waals surface area contributed by atoms with Crippen molar-refractivity contribution in [1.82, 2.24) is 20.2 Å². The highest BCUT2D eigenvalue weighted by atomic mass is 16.1. The van der Waals surface area contributed by atoms with Gasteiger partial charge < -0.3 is 15.5 Å². The first kappa shape index (κ1) is 16.9. The Morgan fingerprint density at radius 1 is 1.13 bits per heavy atom. The van der Waals surface area contributed by atoms with Gasteiger partial charge in [0.15, 0.2) is 0 Å². The molecular weight excluding hydrogens is 290 g/mol. The first-order valence-electron chi connectivity index (χ1n) is 7.55. The lowest BCUT2D eigenvalue weighted by molar-refractivity contribution is 0.0946. The summed E-state index contributed by atoms with van der Waals surface area (Å²) >= 11 is 0. The summed E-state index contributed by atoms with van der Waals surface area (Å²) in [5, 5.41) is 6.04. The second-order valence-corrected chi connectivity index (χ2v) is 5.77. The van der Waals surface area contributed by atoms with Gasteiger partial charge in [0, 0.05) is 24.8 Å². The Labute approximate surface area is 137 Å². The lowest BCUT2D eigenvalue weighted by atomic mass is 10.1. The number of aryl methyl sites for hydroxylation is 2. The van der Waals surface area contributed by atoms with Crippen molar-refractivity contribution in [2.45, 2.75) is 13.8 Å². The van der Waals surface area contributed by atoms with E-state index in [1.807, 2.05) is 37.2 Å². The Kier molecular flexibility index (Phi) is 5.65. The van der Waals surface area contributed by atoms with Crippen LogP contribution in [0.15, 0.2) is 30.6 Å². The number of likely N-dealkylation sites (N-methyl/N-ethyl adjacent to an activating group) is 1. The lowest BCUT2D eigenvalue weighted by Gasteiger charge is -2.11. The van der Waals surface area contributed by atoms with Crippen LogP contribution in [0.3, 0.4) is 0 Å². The number of benzene rings is 1. The van der Waals surface area contributed by atoms with E-state index in [2.05, 4.69) is 34.4 Å². The van der Waals surface area contributed by atoms with E-state index in [1.54, 1.807) is 6.07 Å². The third-order valence-electron chi connectivity index (χ3n) is 3.52. The molecule has 23 heavy (non-hydrogen) atoms. The maximum absolute atomic E-state index is 12.1. The number of anilines is 2. The maximum Gasteiger partial charge on any atom is 0.270 e. The fourth-order valence-corrected chi connectivity index (χ4v) is 2.00. The summed E-state index contributed by atoms with van der Waals surface area (Å²) in [5.74, 6) is 0.401. The van der Waals surface area contributed by atoms with Crippen LogP contribution in [0.1, 0.15) is 21.6 Å². The van der Waals surface area contributed by atoms with Crippen molar-refractivity contribution in [3.63, 3.8) is 0 Å². The molecule has 6 nitrogen and oxygen atoms in total. The Morgan fingerprint density at radius 3 is 2.61 bits per heavy atom. The molecule has 0 unspecified atom stereocenters. The van der Waals surface area contributed by atoms with E-state index in [0.717, 1.165) is 12.2 Å². The summed E-state index contributed by atoms with van der Waals surface area (Å²) in [6, 6.07) is 7.74. The van der Waals surface area contributed by atoms with Gasteiger partial charge in [-0.15, -0.1) is 0 Å². The predicted molar refractivity (Wildman–Crippen MR) is 92.1 cm³/mol. The van der Waals surface area contributed by atoms with Gasteiger partial charge in [0.25, 0.3) is 5.91 Å².